The van der Waals surface area contributed by atoms with Crippen LogP contribution in [0.5, 0.6) is 0 Å². The summed E-state index contributed by atoms with van der Waals surface area (Å²) >= 11 is 0. The summed E-state index contributed by atoms with van der Waals surface area (Å²) in [4.78, 5) is 24.6. The van der Waals surface area contributed by atoms with Gasteiger partial charge in [-0.15, -0.1) is 5.26 Å². The molecule has 0 aliphatic carbocycles. The lowest BCUT2D eigenvalue weighted by molar-refractivity contribution is -0.132. The highest BCUT2D eigenvalue weighted by Crippen LogP contribution is 2.22. The van der Waals surface area contributed by atoms with Crippen molar-refractivity contribution in [3.63, 3.8) is 0 Å². The first-order valence-electron chi connectivity index (χ1n) is 5.86. The van der Waals surface area contributed by atoms with Crippen LogP contribution in [0.25, 0.3) is 0 Å². The molecule has 0 radical (unpaired) electrons. The predicted octanol–water partition coefficient (Wildman–Crippen LogP) is 1.58. The van der Waals surface area contributed by atoms with Crippen LogP contribution in [0.15, 0.2) is 11.1 Å². The number of amides is 1. The lowest BCUT2D eigenvalue weighted by Gasteiger charge is -2.14. The Bertz CT molecular complexity index is 409. The van der Waals surface area contributed by atoms with Crippen LogP contribution in [0, 0.1) is 11.5 Å². The van der Waals surface area contributed by atoms with Gasteiger partial charge >= 0.3 is 12.1 Å². The van der Waals surface area contributed by atoms with Gasteiger partial charge in [0.25, 0.3) is 6.26 Å². The van der Waals surface area contributed by atoms with E-state index < -0.39 is 5.97 Å². The molecule has 0 bridgehead atoms. The molecular formula is C12H16N2O4. The van der Waals surface area contributed by atoms with E-state index in [4.69, 9.17) is 10.00 Å². The van der Waals surface area contributed by atoms with E-state index in [0.717, 1.165) is 5.57 Å². The summed E-state index contributed by atoms with van der Waals surface area (Å²) in [5.41, 5.74) is 1.31. The predicted molar refractivity (Wildman–Crippen MR) is 62.2 cm³/mol. The molecule has 98 valence electrons. The Morgan fingerprint density at radius 1 is 1.44 bits per heavy atom. The maximum atomic E-state index is 11.5. The van der Waals surface area contributed by atoms with Crippen LogP contribution in [0.2, 0.25) is 0 Å². The molecule has 6 nitrogen and oxygen atoms in total. The largest absolute Gasteiger partial charge is 0.450 e. The van der Waals surface area contributed by atoms with Gasteiger partial charge in [-0.2, -0.15) is 0 Å². The minimum absolute atomic E-state index is 0.325. The highest BCUT2D eigenvalue weighted by atomic mass is 16.6. The third-order valence-electron chi connectivity index (χ3n) is 2.76. The zero-order chi connectivity index (χ0) is 13.5. The molecule has 1 heterocycles. The van der Waals surface area contributed by atoms with Crippen molar-refractivity contribution in [2.45, 2.75) is 26.7 Å². The average Bonchev–Trinajstić information content (AvgIpc) is 2.80. The van der Waals surface area contributed by atoms with E-state index >= 15 is 0 Å². The average molecular weight is 252 g/mol. The van der Waals surface area contributed by atoms with Gasteiger partial charge in [0.15, 0.2) is 0 Å². The van der Waals surface area contributed by atoms with E-state index in [-0.39, 0.29) is 6.09 Å². The van der Waals surface area contributed by atoms with Gasteiger partial charge in [0, 0.05) is 18.7 Å². The monoisotopic (exact) mass is 252 g/mol. The van der Waals surface area contributed by atoms with Crippen molar-refractivity contribution in [1.29, 1.82) is 5.26 Å². The fourth-order valence-electron chi connectivity index (χ4n) is 1.92. The number of carbonyl (C=O) groups excluding carboxylic acids is 2. The first kappa shape index (κ1) is 14.0. The Hall–Kier alpha value is -2.03. The van der Waals surface area contributed by atoms with Crippen molar-refractivity contribution in [2.24, 2.45) is 0 Å². The van der Waals surface area contributed by atoms with Crippen LogP contribution < -0.4 is 0 Å². The van der Waals surface area contributed by atoms with Crippen LogP contribution in [0.3, 0.4) is 0 Å². The second-order valence-corrected chi connectivity index (χ2v) is 3.79. The van der Waals surface area contributed by atoms with Crippen LogP contribution in [-0.2, 0) is 14.3 Å². The highest BCUT2D eigenvalue weighted by Gasteiger charge is 2.26. The number of ether oxygens (including phenoxy) is 2. The van der Waals surface area contributed by atoms with Gasteiger partial charge in [0.2, 0.25) is 0 Å². The van der Waals surface area contributed by atoms with Crippen LogP contribution in [-0.4, -0.2) is 36.7 Å². The minimum Gasteiger partial charge on any atom is -0.450 e. The molecule has 18 heavy (non-hydrogen) atoms. The minimum atomic E-state index is -0.624. The second-order valence-electron chi connectivity index (χ2n) is 3.79. The summed E-state index contributed by atoms with van der Waals surface area (Å²) in [5.74, 6) is -0.624. The zero-order valence-electron chi connectivity index (χ0n) is 10.6. The van der Waals surface area contributed by atoms with E-state index in [0.29, 0.717) is 38.1 Å². The number of rotatable bonds is 3. The Balaban J connectivity index is 2.76. The van der Waals surface area contributed by atoms with Crippen molar-refractivity contribution >= 4 is 12.1 Å². The molecule has 6 heteroatoms. The number of likely N-dealkylation sites (tertiary alicyclic amines) is 1. The summed E-state index contributed by atoms with van der Waals surface area (Å²) in [5, 5.41) is 8.33. The summed E-state index contributed by atoms with van der Waals surface area (Å²) in [6.07, 6.45) is 2.09. The molecule has 0 saturated carbocycles. The van der Waals surface area contributed by atoms with Gasteiger partial charge in [-0.05, 0) is 25.3 Å². The molecular weight excluding hydrogens is 236 g/mol. The Morgan fingerprint density at radius 2 is 2.17 bits per heavy atom. The molecule has 1 saturated heterocycles. The molecule has 1 aliphatic rings. The molecule has 0 aromatic rings. The van der Waals surface area contributed by atoms with Crippen LogP contribution in [0.4, 0.5) is 4.79 Å². The third-order valence-corrected chi connectivity index (χ3v) is 2.76. The number of nitrogens with zero attached hydrogens (tertiary/aromatic N) is 2. The summed E-state index contributed by atoms with van der Waals surface area (Å²) in [7, 11) is 0. The lowest BCUT2D eigenvalue weighted by atomic mass is 10.1. The molecule has 0 unspecified atom stereocenters. The Kier molecular flexibility index (Phi) is 5.18. The number of carbonyl (C=O) groups is 2. The molecule has 1 fully saturated rings. The highest BCUT2D eigenvalue weighted by molar-refractivity contribution is 5.90. The van der Waals surface area contributed by atoms with Crippen LogP contribution in [0.1, 0.15) is 26.7 Å². The fraction of sp³-hybridized carbons (Fsp3) is 0.583. The van der Waals surface area contributed by atoms with Crippen molar-refractivity contribution in [2.75, 3.05) is 19.7 Å². The first-order valence-corrected chi connectivity index (χ1v) is 5.86. The van der Waals surface area contributed by atoms with Gasteiger partial charge in [-0.1, -0.05) is 6.92 Å². The molecule has 0 N–H and O–H groups in total. The topological polar surface area (TPSA) is 79.6 Å². The second kappa shape index (κ2) is 6.64. The number of hydrogen-bond acceptors (Lipinski definition) is 5. The Morgan fingerprint density at radius 3 is 2.72 bits per heavy atom. The molecule has 0 aromatic carbocycles. The standard InChI is InChI=1S/C12H16N2O4/c1-3-10(11(15)18-8-13)9-5-6-14(7-9)12(16)17-4-2/h3-7H2,1-2H3/b10-9-. The van der Waals surface area contributed by atoms with Gasteiger partial charge in [-0.3, -0.25) is 0 Å². The lowest BCUT2D eigenvalue weighted by Crippen LogP contribution is -2.28. The van der Waals surface area contributed by atoms with Crippen molar-refractivity contribution < 1.29 is 19.1 Å². The normalized spacial score (nSPS) is 17.1. The first-order chi connectivity index (χ1) is 8.63. The van der Waals surface area contributed by atoms with Crippen molar-refractivity contribution in [1.82, 2.24) is 4.90 Å². The van der Waals surface area contributed by atoms with E-state index in [9.17, 15) is 9.59 Å². The van der Waals surface area contributed by atoms with Gasteiger partial charge < -0.3 is 14.4 Å². The van der Waals surface area contributed by atoms with Crippen molar-refractivity contribution in [3.8, 4) is 6.26 Å². The van der Waals surface area contributed by atoms with E-state index in [1.54, 1.807) is 6.92 Å². The smallest absolute Gasteiger partial charge is 0.410 e. The maximum absolute atomic E-state index is 11.5. The molecule has 0 aromatic heterocycles. The molecule has 0 spiro atoms. The van der Waals surface area contributed by atoms with E-state index in [1.165, 1.54) is 11.2 Å². The van der Waals surface area contributed by atoms with Crippen molar-refractivity contribution in [3.05, 3.63) is 11.1 Å². The maximum Gasteiger partial charge on any atom is 0.410 e. The molecule has 1 amide bonds. The number of nitriles is 1. The Labute approximate surface area is 106 Å². The zero-order valence-corrected chi connectivity index (χ0v) is 10.6. The summed E-state index contributed by atoms with van der Waals surface area (Å²) < 4.78 is 9.22. The van der Waals surface area contributed by atoms with Crippen LogP contribution >= 0.6 is 0 Å². The van der Waals surface area contributed by atoms with Gasteiger partial charge in [0.1, 0.15) is 0 Å². The summed E-state index contributed by atoms with van der Waals surface area (Å²) in [6, 6.07) is 0. The SMILES string of the molecule is CCOC(=O)N1CC/C(=C(\CC)C(=O)OC#N)C1. The fourth-order valence-corrected chi connectivity index (χ4v) is 1.92. The number of hydrogen-bond donors (Lipinski definition) is 0. The molecule has 1 rings (SSSR count). The van der Waals surface area contributed by atoms with Gasteiger partial charge in [-0.25, -0.2) is 9.59 Å². The third kappa shape index (κ3) is 3.23. The quantitative estimate of drug-likeness (QED) is 0.433. The molecule has 1 aliphatic heterocycles. The van der Waals surface area contributed by atoms with E-state index in [1.807, 2.05) is 6.92 Å². The van der Waals surface area contributed by atoms with E-state index in [2.05, 4.69) is 4.74 Å². The number of esters is 1. The van der Waals surface area contributed by atoms with Gasteiger partial charge in [0.05, 0.1) is 6.61 Å². The molecule has 0 atom stereocenters. The summed E-state index contributed by atoms with van der Waals surface area (Å²) in [6.45, 7) is 4.77.